The third kappa shape index (κ3) is 2.49. The molecule has 1 aromatic rings. The number of carbonyl (C=O) groups excluding carboxylic acids is 2. The predicted molar refractivity (Wildman–Crippen MR) is 51.0 cm³/mol. The van der Waals surface area contributed by atoms with Crippen LogP contribution in [-0.2, 0) is 9.59 Å². The van der Waals surface area contributed by atoms with Crippen LogP contribution in [0, 0.1) is 0 Å². The zero-order chi connectivity index (χ0) is 10.8. The number of carboxylic acids is 1. The number of rotatable bonds is 2. The number of carboxylic acid groups (broad SMARTS) is 1. The van der Waals surface area contributed by atoms with Gasteiger partial charge in [-0.15, -0.1) is 0 Å². The van der Waals surface area contributed by atoms with Gasteiger partial charge < -0.3 is 9.90 Å². The van der Waals surface area contributed by atoms with Crippen LogP contribution < -0.4 is 39.7 Å². The van der Waals surface area contributed by atoms with Crippen LogP contribution in [0.15, 0.2) is 35.4 Å². The summed E-state index contributed by atoms with van der Waals surface area (Å²) in [7, 11) is 0. The topological polar surface area (TPSA) is 72.8 Å². The van der Waals surface area contributed by atoms with Crippen molar-refractivity contribution in [2.45, 2.75) is 6.42 Å². The molecular weight excluding hydrogens is 219 g/mol. The van der Waals surface area contributed by atoms with Gasteiger partial charge in [-0.1, -0.05) is 18.2 Å². The standard InChI is InChI=1S/C10H8N2O3.Na/c13-9-6-8(10(14)15)11-12(9)7-4-2-1-3-5-7;/h1-5H,6H2,(H,14,15);/q;+1/p-1. The van der Waals surface area contributed by atoms with E-state index in [1.807, 2.05) is 0 Å². The fourth-order valence-electron chi connectivity index (χ4n) is 1.31. The van der Waals surface area contributed by atoms with Crippen LogP contribution in [0.5, 0.6) is 0 Å². The molecule has 0 fully saturated rings. The molecule has 0 atom stereocenters. The van der Waals surface area contributed by atoms with E-state index in [1.54, 1.807) is 30.3 Å². The van der Waals surface area contributed by atoms with Crippen LogP contribution in [-0.4, -0.2) is 17.6 Å². The summed E-state index contributed by atoms with van der Waals surface area (Å²) in [5, 5.41) is 15.3. The fraction of sp³-hybridized carbons (Fsp3) is 0.100. The SMILES string of the molecule is O=C([O-])C1=NN(c2ccccc2)C(=O)C1.[Na+]. The molecule has 6 heteroatoms. The summed E-state index contributed by atoms with van der Waals surface area (Å²) in [5.41, 5.74) is 0.322. The average molecular weight is 226 g/mol. The number of hydrogen-bond donors (Lipinski definition) is 0. The minimum Gasteiger partial charge on any atom is -0.543 e. The van der Waals surface area contributed by atoms with Gasteiger partial charge in [0, 0.05) is 0 Å². The van der Waals surface area contributed by atoms with Crippen LogP contribution in [0.1, 0.15) is 6.42 Å². The van der Waals surface area contributed by atoms with Crippen molar-refractivity contribution in [3.8, 4) is 0 Å². The number of nitrogens with zero attached hydrogens (tertiary/aromatic N) is 2. The first kappa shape index (κ1) is 12.9. The quantitative estimate of drug-likeness (QED) is 0.492. The number of anilines is 1. The monoisotopic (exact) mass is 226 g/mol. The minimum absolute atomic E-state index is 0. The van der Waals surface area contributed by atoms with Gasteiger partial charge in [-0.2, -0.15) is 5.10 Å². The Labute approximate surface area is 114 Å². The van der Waals surface area contributed by atoms with Gasteiger partial charge in [0.2, 0.25) is 0 Å². The smallest absolute Gasteiger partial charge is 0.543 e. The molecule has 0 radical (unpaired) electrons. The van der Waals surface area contributed by atoms with Gasteiger partial charge in [-0.05, 0) is 12.1 Å². The summed E-state index contributed by atoms with van der Waals surface area (Å²) in [4.78, 5) is 21.9. The molecule has 0 spiro atoms. The number of carbonyl (C=O) groups is 2. The molecule has 16 heavy (non-hydrogen) atoms. The van der Waals surface area contributed by atoms with Gasteiger partial charge in [0.1, 0.15) is 0 Å². The Balaban J connectivity index is 0.00000128. The normalized spacial score (nSPS) is 14.4. The molecule has 2 rings (SSSR count). The van der Waals surface area contributed by atoms with Crippen molar-refractivity contribution < 1.29 is 44.3 Å². The molecular formula is C10H7N2NaO3. The first-order valence-corrected chi connectivity index (χ1v) is 4.35. The van der Waals surface area contributed by atoms with Crippen LogP contribution >= 0.6 is 0 Å². The fourth-order valence-corrected chi connectivity index (χ4v) is 1.31. The van der Waals surface area contributed by atoms with Gasteiger partial charge in [-0.25, -0.2) is 5.01 Å². The van der Waals surface area contributed by atoms with Crippen LogP contribution in [0.4, 0.5) is 5.69 Å². The van der Waals surface area contributed by atoms with E-state index in [9.17, 15) is 14.7 Å². The summed E-state index contributed by atoms with van der Waals surface area (Å²) in [5.74, 6) is -1.76. The van der Waals surface area contributed by atoms with Crippen molar-refractivity contribution in [3.05, 3.63) is 30.3 Å². The number of para-hydroxylation sites is 1. The summed E-state index contributed by atoms with van der Waals surface area (Å²) < 4.78 is 0. The molecule has 0 aromatic heterocycles. The van der Waals surface area contributed by atoms with Gasteiger partial charge in [0.15, 0.2) is 0 Å². The van der Waals surface area contributed by atoms with Crippen molar-refractivity contribution in [2.24, 2.45) is 5.10 Å². The second kappa shape index (κ2) is 5.25. The van der Waals surface area contributed by atoms with E-state index in [0.29, 0.717) is 5.69 Å². The molecule has 0 saturated carbocycles. The van der Waals surface area contributed by atoms with E-state index in [2.05, 4.69) is 5.10 Å². The Kier molecular flexibility index (Phi) is 4.23. The van der Waals surface area contributed by atoms with E-state index in [-0.39, 0.29) is 47.6 Å². The number of hydrazone groups is 1. The van der Waals surface area contributed by atoms with Crippen molar-refractivity contribution in [1.29, 1.82) is 0 Å². The van der Waals surface area contributed by atoms with E-state index in [0.717, 1.165) is 5.01 Å². The maximum atomic E-state index is 11.4. The third-order valence-electron chi connectivity index (χ3n) is 2.01. The van der Waals surface area contributed by atoms with Crippen molar-refractivity contribution in [1.82, 2.24) is 0 Å². The summed E-state index contributed by atoms with van der Waals surface area (Å²) in [6, 6.07) is 8.65. The van der Waals surface area contributed by atoms with Crippen LogP contribution in [0.25, 0.3) is 0 Å². The van der Waals surface area contributed by atoms with Gasteiger partial charge >= 0.3 is 29.6 Å². The maximum Gasteiger partial charge on any atom is 1.00 e. The van der Waals surface area contributed by atoms with Crippen molar-refractivity contribution in [3.63, 3.8) is 0 Å². The summed E-state index contributed by atoms with van der Waals surface area (Å²) >= 11 is 0. The first-order chi connectivity index (χ1) is 7.18. The molecule has 1 aromatic carbocycles. The minimum atomic E-state index is -1.40. The van der Waals surface area contributed by atoms with Crippen molar-refractivity contribution in [2.75, 3.05) is 5.01 Å². The summed E-state index contributed by atoms with van der Waals surface area (Å²) in [6.45, 7) is 0. The van der Waals surface area contributed by atoms with E-state index >= 15 is 0 Å². The molecule has 1 aliphatic heterocycles. The Morgan fingerprint density at radius 1 is 1.31 bits per heavy atom. The van der Waals surface area contributed by atoms with Gasteiger partial charge in [0.25, 0.3) is 5.91 Å². The zero-order valence-corrected chi connectivity index (χ0v) is 10.7. The van der Waals surface area contributed by atoms with E-state index in [4.69, 9.17) is 0 Å². The van der Waals surface area contributed by atoms with E-state index in [1.165, 1.54) is 0 Å². The largest absolute Gasteiger partial charge is 1.00 e. The maximum absolute atomic E-state index is 11.4. The Bertz CT molecular complexity index is 445. The molecule has 0 saturated heterocycles. The number of hydrogen-bond acceptors (Lipinski definition) is 4. The van der Waals surface area contributed by atoms with Gasteiger partial charge in [0.05, 0.1) is 23.8 Å². The first-order valence-electron chi connectivity index (χ1n) is 4.35. The summed E-state index contributed by atoms with van der Waals surface area (Å²) in [6.07, 6.45) is -0.211. The molecule has 1 heterocycles. The molecule has 5 nitrogen and oxygen atoms in total. The second-order valence-electron chi connectivity index (χ2n) is 3.05. The molecule has 0 N–H and O–H groups in total. The Morgan fingerprint density at radius 2 is 1.94 bits per heavy atom. The average Bonchev–Trinajstić information content (AvgIpc) is 2.62. The number of benzene rings is 1. The molecule has 1 amide bonds. The molecule has 76 valence electrons. The molecule has 0 unspecified atom stereocenters. The molecule has 0 bridgehead atoms. The van der Waals surface area contributed by atoms with Gasteiger partial charge in [-0.3, -0.25) is 4.79 Å². The molecule has 0 aliphatic carbocycles. The van der Waals surface area contributed by atoms with Crippen molar-refractivity contribution >= 4 is 23.3 Å². The molecule has 1 aliphatic rings. The van der Waals surface area contributed by atoms with Crippen LogP contribution in [0.3, 0.4) is 0 Å². The Hall–Kier alpha value is -1.17. The predicted octanol–water partition coefficient (Wildman–Crippen LogP) is -3.47. The number of aliphatic carboxylic acids is 1. The number of amides is 1. The Morgan fingerprint density at radius 3 is 2.44 bits per heavy atom. The zero-order valence-electron chi connectivity index (χ0n) is 8.71. The second-order valence-corrected chi connectivity index (χ2v) is 3.05. The third-order valence-corrected chi connectivity index (χ3v) is 2.01. The van der Waals surface area contributed by atoms with E-state index < -0.39 is 5.97 Å². The van der Waals surface area contributed by atoms with Crippen LogP contribution in [0.2, 0.25) is 0 Å².